The lowest BCUT2D eigenvalue weighted by molar-refractivity contribution is -0.141. The highest BCUT2D eigenvalue weighted by molar-refractivity contribution is 9.09. The number of phenolic OH excluding ortho intramolecular Hbond substituents is 1. The molecule has 1 aromatic rings. The van der Waals surface area contributed by atoms with Gasteiger partial charge in [-0.05, 0) is 42.9 Å². The highest BCUT2D eigenvalue weighted by Gasteiger charge is 2.76. The van der Waals surface area contributed by atoms with E-state index in [1.165, 1.54) is 11.0 Å². The summed E-state index contributed by atoms with van der Waals surface area (Å²) in [4.78, 5) is 51.7. The van der Waals surface area contributed by atoms with E-state index in [9.17, 15) is 28.7 Å². The Morgan fingerprint density at radius 2 is 1.83 bits per heavy atom. The number of benzene rings is 1. The Morgan fingerprint density at radius 3 is 2.46 bits per heavy atom. The molecular weight excluding hydrogens is 566 g/mol. The molecule has 2 heterocycles. The first-order valence-electron chi connectivity index (χ1n) is 11.4. The zero-order chi connectivity index (χ0) is 25.4. The van der Waals surface area contributed by atoms with Crippen LogP contribution in [0.1, 0.15) is 37.7 Å². The maximum Gasteiger partial charge on any atom is 0.254 e. The summed E-state index contributed by atoms with van der Waals surface area (Å²) in [7, 11) is 0. The van der Waals surface area contributed by atoms with Crippen molar-refractivity contribution < 1.29 is 28.7 Å². The quantitative estimate of drug-likeness (QED) is 0.251. The minimum atomic E-state index is -1.99. The van der Waals surface area contributed by atoms with Crippen molar-refractivity contribution in [3.63, 3.8) is 0 Å². The monoisotopic (exact) mass is 586 g/mol. The average molecular weight is 588 g/mol. The average Bonchev–Trinajstić information content (AvgIpc) is 3.15. The zero-order valence-electron chi connectivity index (χ0n) is 18.6. The number of hydrogen-bond donors (Lipinski definition) is 1. The van der Waals surface area contributed by atoms with Gasteiger partial charge in [0.15, 0.2) is 21.3 Å². The van der Waals surface area contributed by atoms with Crippen LogP contribution in [0, 0.1) is 23.6 Å². The third kappa shape index (κ3) is 3.07. The van der Waals surface area contributed by atoms with Crippen molar-refractivity contribution in [2.75, 3.05) is 12.0 Å². The third-order valence-corrected chi connectivity index (χ3v) is 9.77. The number of likely N-dealkylation sites (tertiary alicyclic amines) is 2. The second-order valence-corrected chi connectivity index (χ2v) is 11.3. The molecule has 4 aliphatic rings. The molecule has 0 aromatic heterocycles. The van der Waals surface area contributed by atoms with Crippen LogP contribution in [-0.2, 0) is 19.2 Å². The first-order valence-corrected chi connectivity index (χ1v) is 13.2. The molecule has 1 N–H and O–H groups in total. The van der Waals surface area contributed by atoms with Crippen LogP contribution in [0.4, 0.5) is 4.39 Å². The predicted molar refractivity (Wildman–Crippen MR) is 128 cm³/mol. The highest BCUT2D eigenvalue weighted by Crippen LogP contribution is 2.65. The SMILES string of the molecule is CCCN1C(=O)[C@H]2[C@H](CC=C3[C@H]2C[C@@]2(Cl)C(=O)N(CBr)C(=O)[C@@]2(Cl)[C@H]3c2ccc(O)c(F)c2)C1=O. The Bertz CT molecular complexity index is 1210. The van der Waals surface area contributed by atoms with Crippen molar-refractivity contribution in [1.29, 1.82) is 0 Å². The molecule has 0 unspecified atom stereocenters. The Kier molecular flexibility index (Phi) is 5.85. The topological polar surface area (TPSA) is 95.0 Å². The number of amides is 4. The van der Waals surface area contributed by atoms with Crippen molar-refractivity contribution in [3.8, 4) is 5.75 Å². The molecule has 1 aromatic carbocycles. The van der Waals surface area contributed by atoms with E-state index in [-0.39, 0.29) is 35.7 Å². The van der Waals surface area contributed by atoms with Gasteiger partial charge in [0.2, 0.25) is 11.8 Å². The van der Waals surface area contributed by atoms with E-state index < -0.39 is 56.8 Å². The van der Waals surface area contributed by atoms with Crippen LogP contribution >= 0.6 is 39.1 Å². The summed E-state index contributed by atoms with van der Waals surface area (Å²) < 4.78 is 14.5. The van der Waals surface area contributed by atoms with Crippen molar-refractivity contribution in [2.24, 2.45) is 17.8 Å². The summed E-state index contributed by atoms with van der Waals surface area (Å²) in [6, 6.07) is 3.64. The minimum Gasteiger partial charge on any atom is -0.505 e. The minimum absolute atomic E-state index is 0.116. The summed E-state index contributed by atoms with van der Waals surface area (Å²) in [5.74, 6) is -6.57. The van der Waals surface area contributed by atoms with Gasteiger partial charge in [-0.15, -0.1) is 23.2 Å². The molecule has 4 amide bonds. The van der Waals surface area contributed by atoms with Crippen molar-refractivity contribution in [1.82, 2.24) is 9.80 Å². The normalized spacial score (nSPS) is 36.3. The lowest BCUT2D eigenvalue weighted by Crippen LogP contribution is -2.60. The standard InChI is InChI=1S/C24H22BrCl2FN2O5/c1-2-7-29-19(32)13-5-4-12-14(17(13)20(29)33)9-23(26)21(34)30(10-25)22(35)24(23,27)18(12)11-3-6-16(31)15(28)8-11/h3-4,6,8,13-14,17-18,31H,2,5,7,9-10H2,1H3/t13-,14+,17-,18-,23+,24-/m0/s1. The van der Waals surface area contributed by atoms with E-state index in [4.69, 9.17) is 23.2 Å². The lowest BCUT2D eigenvalue weighted by Gasteiger charge is -2.50. The molecule has 5 rings (SSSR count). The zero-order valence-corrected chi connectivity index (χ0v) is 21.7. The second kappa shape index (κ2) is 8.28. The lowest BCUT2D eigenvalue weighted by atomic mass is 9.56. The number of carbonyl (C=O) groups excluding carboxylic acids is 4. The first-order chi connectivity index (χ1) is 16.5. The number of alkyl halides is 3. The number of nitrogens with zero attached hydrogens (tertiary/aromatic N) is 2. The molecule has 1 saturated carbocycles. The van der Waals surface area contributed by atoms with Crippen molar-refractivity contribution in [2.45, 2.75) is 41.9 Å². The molecule has 35 heavy (non-hydrogen) atoms. The molecule has 3 fully saturated rings. The number of phenols is 1. The smallest absolute Gasteiger partial charge is 0.254 e. The van der Waals surface area contributed by atoms with Crippen molar-refractivity contribution in [3.05, 3.63) is 41.2 Å². The number of aromatic hydroxyl groups is 1. The molecule has 186 valence electrons. The van der Waals surface area contributed by atoms with E-state index in [0.717, 1.165) is 17.0 Å². The van der Waals surface area contributed by atoms with Gasteiger partial charge in [-0.3, -0.25) is 29.0 Å². The van der Waals surface area contributed by atoms with E-state index in [0.29, 0.717) is 18.5 Å². The first kappa shape index (κ1) is 24.7. The van der Waals surface area contributed by atoms with E-state index in [1.54, 1.807) is 6.08 Å². The van der Waals surface area contributed by atoms with E-state index in [2.05, 4.69) is 15.9 Å². The molecule has 6 atom stereocenters. The van der Waals surface area contributed by atoms with Gasteiger partial charge in [-0.25, -0.2) is 4.39 Å². The van der Waals surface area contributed by atoms with E-state index in [1.807, 2.05) is 6.92 Å². The van der Waals surface area contributed by atoms with Crippen LogP contribution in [0.3, 0.4) is 0 Å². The van der Waals surface area contributed by atoms with Crippen molar-refractivity contribution >= 4 is 62.8 Å². The maximum absolute atomic E-state index is 14.5. The fraction of sp³-hybridized carbons (Fsp3) is 0.500. The third-order valence-electron chi connectivity index (χ3n) is 7.86. The van der Waals surface area contributed by atoms with Gasteiger partial charge >= 0.3 is 0 Å². The fourth-order valence-electron chi connectivity index (χ4n) is 6.34. The highest BCUT2D eigenvalue weighted by atomic mass is 79.9. The number of hydrogen-bond acceptors (Lipinski definition) is 5. The number of allylic oxidation sites excluding steroid dienone is 2. The van der Waals surface area contributed by atoms with Gasteiger partial charge in [0.1, 0.15) is 0 Å². The summed E-state index contributed by atoms with van der Waals surface area (Å²) in [6.07, 6.45) is 2.53. The van der Waals surface area contributed by atoms with Gasteiger partial charge in [0.05, 0.1) is 17.3 Å². The Morgan fingerprint density at radius 1 is 1.11 bits per heavy atom. The molecule has 2 aliphatic heterocycles. The van der Waals surface area contributed by atoms with Crippen LogP contribution in [0.15, 0.2) is 29.8 Å². The number of fused-ring (bicyclic) bond motifs is 4. The Hall–Kier alpha value is -1.97. The molecule has 0 bridgehead atoms. The van der Waals surface area contributed by atoms with Gasteiger partial charge < -0.3 is 5.11 Å². The largest absolute Gasteiger partial charge is 0.505 e. The van der Waals surface area contributed by atoms with Crippen LogP contribution in [0.25, 0.3) is 0 Å². The maximum atomic E-state index is 14.5. The molecule has 2 saturated heterocycles. The Labute approximate surface area is 219 Å². The van der Waals surface area contributed by atoms with Crippen LogP contribution in [-0.4, -0.2) is 60.3 Å². The Balaban J connectivity index is 1.72. The number of carbonyl (C=O) groups is 4. The molecule has 0 radical (unpaired) electrons. The fourth-order valence-corrected chi connectivity index (χ4v) is 7.76. The van der Waals surface area contributed by atoms with Gasteiger partial charge in [-0.1, -0.05) is 40.6 Å². The number of imide groups is 2. The summed E-state index contributed by atoms with van der Waals surface area (Å²) >= 11 is 17.2. The van der Waals surface area contributed by atoms with Crippen LogP contribution in [0.5, 0.6) is 5.75 Å². The van der Waals surface area contributed by atoms with Gasteiger partial charge in [0, 0.05) is 12.5 Å². The van der Waals surface area contributed by atoms with Crippen LogP contribution in [0.2, 0.25) is 0 Å². The number of rotatable bonds is 4. The van der Waals surface area contributed by atoms with E-state index >= 15 is 0 Å². The molecule has 7 nitrogen and oxygen atoms in total. The van der Waals surface area contributed by atoms with Gasteiger partial charge in [-0.2, -0.15) is 0 Å². The summed E-state index contributed by atoms with van der Waals surface area (Å²) in [5.41, 5.74) is 0.691. The van der Waals surface area contributed by atoms with Gasteiger partial charge in [0.25, 0.3) is 11.8 Å². The molecule has 0 spiro atoms. The molecule has 2 aliphatic carbocycles. The van der Waals surface area contributed by atoms with Crippen LogP contribution < -0.4 is 0 Å². The molecular formula is C24H22BrCl2FN2O5. The summed E-state index contributed by atoms with van der Waals surface area (Å²) in [5, 5.41) is 9.75. The predicted octanol–water partition coefficient (Wildman–Crippen LogP) is 3.65. The number of halogens is 4. The summed E-state index contributed by atoms with van der Waals surface area (Å²) in [6.45, 7) is 2.16. The second-order valence-electron chi connectivity index (χ2n) is 9.53. The molecule has 11 heteroatoms.